The van der Waals surface area contributed by atoms with Crippen LogP contribution in [0, 0.1) is 0 Å². The molecule has 3 fully saturated rings. The Balaban J connectivity index is 1.58. The van der Waals surface area contributed by atoms with Crippen molar-refractivity contribution in [3.05, 3.63) is 0 Å². The fourth-order valence-corrected chi connectivity index (χ4v) is 10.3. The number of hydrogen-bond acceptors (Lipinski definition) is 33. The molecular formula is C65H118N8O33. The van der Waals surface area contributed by atoms with Gasteiger partial charge in [-0.05, 0) is 33.6 Å². The van der Waals surface area contributed by atoms with E-state index in [4.69, 9.17) is 75.8 Å². The van der Waals surface area contributed by atoms with E-state index in [0.29, 0.717) is 52.9 Å². The fraction of sp³-hybridized carbons (Fsp3) is 0.877. The van der Waals surface area contributed by atoms with E-state index < -0.39 is 178 Å². The second kappa shape index (κ2) is 55.2. The van der Waals surface area contributed by atoms with E-state index in [1.165, 1.54) is 20.8 Å². The summed E-state index contributed by atoms with van der Waals surface area (Å²) in [4.78, 5) is 103. The Bertz CT molecular complexity index is 2470. The van der Waals surface area contributed by atoms with Gasteiger partial charge in [0, 0.05) is 59.7 Å². The molecule has 106 heavy (non-hydrogen) atoms. The van der Waals surface area contributed by atoms with E-state index in [-0.39, 0.29) is 143 Å². The summed E-state index contributed by atoms with van der Waals surface area (Å²) in [5.74, 6) is -5.08. The van der Waals surface area contributed by atoms with Crippen molar-refractivity contribution in [2.45, 2.75) is 183 Å². The van der Waals surface area contributed by atoms with E-state index in [0.717, 1.165) is 0 Å². The lowest BCUT2D eigenvalue weighted by Gasteiger charge is -2.42. The maximum Gasteiger partial charge on any atom is 0.242 e. The molecule has 41 nitrogen and oxygen atoms in total. The molecule has 616 valence electrons. The number of ether oxygens (including phenoxy) is 16. The Kier molecular flexibility index (Phi) is 49.5. The molecule has 0 spiro atoms. The number of rotatable bonds is 58. The highest BCUT2D eigenvalue weighted by Gasteiger charge is 2.48. The van der Waals surface area contributed by atoms with Crippen LogP contribution in [0.25, 0.3) is 0 Å². The summed E-state index contributed by atoms with van der Waals surface area (Å²) >= 11 is 0. The van der Waals surface area contributed by atoms with E-state index >= 15 is 0 Å². The molecule has 3 rings (SSSR count). The van der Waals surface area contributed by atoms with Crippen LogP contribution in [-0.2, 0) is 114 Å². The van der Waals surface area contributed by atoms with Gasteiger partial charge in [0.2, 0.25) is 47.3 Å². The average Bonchev–Trinajstić information content (AvgIpc) is 0.820. The van der Waals surface area contributed by atoms with Crippen LogP contribution in [0.4, 0.5) is 0 Å². The number of amides is 8. The molecule has 17 N–H and O–H groups in total. The number of aliphatic hydroxyl groups excluding tert-OH is 9. The molecule has 3 saturated heterocycles. The Labute approximate surface area is 616 Å². The molecule has 41 heteroatoms. The van der Waals surface area contributed by atoms with Crippen molar-refractivity contribution in [1.29, 1.82) is 0 Å². The third-order valence-electron chi connectivity index (χ3n) is 15.7. The van der Waals surface area contributed by atoms with Crippen molar-refractivity contribution in [3.63, 3.8) is 0 Å². The van der Waals surface area contributed by atoms with Crippen molar-refractivity contribution in [2.24, 2.45) is 0 Å². The molecular weight excluding hydrogens is 1420 g/mol. The predicted molar refractivity (Wildman–Crippen MR) is 363 cm³/mol. The molecule has 17 atom stereocenters. The first-order valence-corrected chi connectivity index (χ1v) is 35.5. The average molecular weight is 1540 g/mol. The molecule has 3 heterocycles. The maximum atomic E-state index is 13.8. The van der Waals surface area contributed by atoms with Gasteiger partial charge in [0.15, 0.2) is 18.9 Å². The van der Waals surface area contributed by atoms with E-state index in [9.17, 15) is 84.3 Å². The lowest BCUT2D eigenvalue weighted by Crippen LogP contribution is -2.64. The van der Waals surface area contributed by atoms with Gasteiger partial charge in [-0.2, -0.15) is 0 Å². The smallest absolute Gasteiger partial charge is 0.242 e. The monoisotopic (exact) mass is 1540 g/mol. The minimum absolute atomic E-state index is 0.0299. The maximum absolute atomic E-state index is 13.8. The van der Waals surface area contributed by atoms with Gasteiger partial charge in [-0.15, -0.1) is 0 Å². The molecule has 17 unspecified atom stereocenters. The van der Waals surface area contributed by atoms with Crippen LogP contribution in [0.3, 0.4) is 0 Å². The van der Waals surface area contributed by atoms with Gasteiger partial charge in [0.25, 0.3) is 0 Å². The van der Waals surface area contributed by atoms with Gasteiger partial charge in [-0.3, -0.25) is 38.4 Å². The molecule has 8 amide bonds. The van der Waals surface area contributed by atoms with Crippen LogP contribution in [0.2, 0.25) is 0 Å². The van der Waals surface area contributed by atoms with E-state index in [2.05, 4.69) is 42.5 Å². The Morgan fingerprint density at radius 1 is 0.349 bits per heavy atom. The molecule has 0 aromatic rings. The lowest BCUT2D eigenvalue weighted by atomic mass is 9.97. The zero-order chi connectivity index (χ0) is 78.2. The van der Waals surface area contributed by atoms with Gasteiger partial charge in [0.05, 0.1) is 171 Å². The minimum atomic E-state index is -1.55. The Morgan fingerprint density at radius 3 is 0.934 bits per heavy atom. The van der Waals surface area contributed by atoms with Crippen molar-refractivity contribution in [3.8, 4) is 0 Å². The van der Waals surface area contributed by atoms with Crippen LogP contribution in [0.15, 0.2) is 0 Å². The normalized spacial score (nSPS) is 25.2. The molecule has 3 aliphatic rings. The third kappa shape index (κ3) is 39.9. The molecule has 0 aromatic heterocycles. The topological polar surface area (TPSA) is 563 Å². The first-order chi connectivity index (χ1) is 50.7. The van der Waals surface area contributed by atoms with E-state index in [1.54, 1.807) is 0 Å². The summed E-state index contributed by atoms with van der Waals surface area (Å²) in [6.07, 6.45) is -18.2. The molecule has 0 radical (unpaired) electrons. The third-order valence-corrected chi connectivity index (χ3v) is 15.7. The Morgan fingerprint density at radius 2 is 0.623 bits per heavy atom. The highest BCUT2D eigenvalue weighted by molar-refractivity contribution is 5.90. The van der Waals surface area contributed by atoms with Crippen LogP contribution in [0.5, 0.6) is 0 Å². The van der Waals surface area contributed by atoms with Gasteiger partial charge in [-0.1, -0.05) is 0 Å². The zero-order valence-corrected chi connectivity index (χ0v) is 61.5. The van der Waals surface area contributed by atoms with Crippen molar-refractivity contribution < 1.29 is 160 Å². The lowest BCUT2D eigenvalue weighted by molar-refractivity contribution is -0.272. The number of aliphatic hydroxyl groups is 9. The molecule has 0 saturated carbocycles. The predicted octanol–water partition coefficient (Wildman–Crippen LogP) is -8.90. The second-order valence-corrected chi connectivity index (χ2v) is 25.4. The molecule has 0 aromatic carbocycles. The van der Waals surface area contributed by atoms with Gasteiger partial charge < -0.3 is 164 Å². The number of hydrogen-bond donors (Lipinski definition) is 17. The number of carbonyl (C=O) groups excluding carboxylic acids is 8. The number of carbonyl (C=O) groups is 8. The van der Waals surface area contributed by atoms with Crippen molar-refractivity contribution in [1.82, 2.24) is 42.5 Å². The SMILES string of the molecule is CC(=O)NC1C(OCCOCCNC(=O)CCC(NC(=O)CCC(NC(=O)CCOCCOCCOCCOCCOCCOCCOC(C)(C)C)C(=O)NCCOCCOC2OC(CO)C(O)C(O)C2NC(C)=O)C(=O)NCCOCCOC2OC(CO)C(O)C(O)C2NC(C)=O)OC(CO)C(O)C1O. The van der Waals surface area contributed by atoms with Crippen LogP contribution >= 0.6 is 0 Å². The van der Waals surface area contributed by atoms with Gasteiger partial charge in [0.1, 0.15) is 85.1 Å². The molecule has 3 aliphatic heterocycles. The second-order valence-electron chi connectivity index (χ2n) is 25.4. The first kappa shape index (κ1) is 95.0. The summed E-state index contributed by atoms with van der Waals surface area (Å²) in [7, 11) is 0. The van der Waals surface area contributed by atoms with Crippen molar-refractivity contribution in [2.75, 3.05) is 185 Å². The van der Waals surface area contributed by atoms with Crippen LogP contribution < -0.4 is 42.5 Å². The number of nitrogens with one attached hydrogen (secondary N) is 8. The quantitative estimate of drug-likeness (QED) is 0.0252. The van der Waals surface area contributed by atoms with Gasteiger partial charge >= 0.3 is 0 Å². The molecule has 0 bridgehead atoms. The van der Waals surface area contributed by atoms with Crippen LogP contribution in [0.1, 0.15) is 73.6 Å². The highest BCUT2D eigenvalue weighted by atomic mass is 16.7. The van der Waals surface area contributed by atoms with Gasteiger partial charge in [-0.25, -0.2) is 0 Å². The summed E-state index contributed by atoms with van der Waals surface area (Å²) in [5.41, 5.74) is -0.219. The minimum Gasteiger partial charge on any atom is -0.394 e. The van der Waals surface area contributed by atoms with Crippen molar-refractivity contribution >= 4 is 47.3 Å². The largest absolute Gasteiger partial charge is 0.394 e. The summed E-state index contributed by atoms with van der Waals surface area (Å²) in [6.45, 7) is 10.3. The van der Waals surface area contributed by atoms with E-state index in [1.807, 2.05) is 20.8 Å². The summed E-state index contributed by atoms with van der Waals surface area (Å²) in [5, 5.41) is 112. The molecule has 0 aliphatic carbocycles. The first-order valence-electron chi connectivity index (χ1n) is 35.5. The van der Waals surface area contributed by atoms with Crippen LogP contribution in [-0.4, -0.2) is 388 Å². The fourth-order valence-electron chi connectivity index (χ4n) is 10.3. The summed E-state index contributed by atoms with van der Waals surface area (Å²) < 4.78 is 89.0. The Hall–Kier alpha value is -5.24. The zero-order valence-electron chi connectivity index (χ0n) is 61.5. The standard InChI is InChI=1S/C65H118N8O33/c1-40(77)69-51-57(86)54(83)45(37-74)104-62(51)100-33-29-92-16-12-66-48(80)9-7-43(60(89)67-13-17-93-30-34-101-63-52(70-41(2)78)58(87)55(84)46(38-75)105-63)72-49(81)10-8-44(61(90)68-14-18-94-31-35-102-64-53(71-42(3)79)59(88)56(85)47(39-76)106-64)73-50(82)11-15-91-19-20-95-21-22-96-23-24-97-25-26-98-27-28-99-32-36-103-65(4,5)6/h43-47,51-59,62-64,74-76,83-88H,7-39H2,1-6H3,(H,66,80)(H,67,89)(H,68,90)(H,69,77)(H,70,78)(H,71,79)(H,72,81)(H,73,82). The highest BCUT2D eigenvalue weighted by Crippen LogP contribution is 2.25. The summed E-state index contributed by atoms with van der Waals surface area (Å²) in [6, 6.07) is -6.26.